The number of nitrogens with zero attached hydrogens (tertiary/aromatic N) is 2. The van der Waals surface area contributed by atoms with Gasteiger partial charge in [-0.05, 0) is 25.7 Å². The number of unbranched alkanes of at least 4 members (excludes halogenated alkanes) is 5. The second-order valence-corrected chi connectivity index (χ2v) is 7.61. The summed E-state index contributed by atoms with van der Waals surface area (Å²) in [5.74, 6) is 0. The molecule has 25 heavy (non-hydrogen) atoms. The molecule has 0 bridgehead atoms. The molecule has 0 spiro atoms. The molecule has 0 N–H and O–H groups in total. The van der Waals surface area contributed by atoms with Crippen LogP contribution in [0.1, 0.15) is 72.1 Å². The van der Waals surface area contributed by atoms with Gasteiger partial charge in [0.05, 0.1) is 26.8 Å². The Bertz CT molecular complexity index is 454. The summed E-state index contributed by atoms with van der Waals surface area (Å²) in [6, 6.07) is 0. The number of hydrogen-bond donors (Lipinski definition) is 0. The second kappa shape index (κ2) is 15.6. The average molecular weight is 376 g/mol. The molecule has 0 amide bonds. The van der Waals surface area contributed by atoms with Crippen molar-refractivity contribution in [2.45, 2.75) is 78.7 Å². The van der Waals surface area contributed by atoms with Gasteiger partial charge in [-0.1, -0.05) is 46.5 Å². The molecule has 1 rings (SSSR count). The average Bonchev–Trinajstić information content (AvgIpc) is 3.00. The molecule has 0 aliphatic heterocycles. The van der Waals surface area contributed by atoms with Crippen LogP contribution >= 0.6 is 7.82 Å². The van der Waals surface area contributed by atoms with Crippen molar-refractivity contribution in [2.75, 3.05) is 13.2 Å². The molecule has 148 valence electrons. The highest BCUT2D eigenvalue weighted by molar-refractivity contribution is 7.45. The molecule has 0 fully saturated rings. The first-order valence-electron chi connectivity index (χ1n) is 9.56. The van der Waals surface area contributed by atoms with Crippen LogP contribution in [0.2, 0.25) is 0 Å². The highest BCUT2D eigenvalue weighted by Gasteiger charge is 2.06. The van der Waals surface area contributed by atoms with Gasteiger partial charge >= 0.3 is 0 Å². The van der Waals surface area contributed by atoms with Crippen molar-refractivity contribution in [2.24, 2.45) is 7.05 Å². The van der Waals surface area contributed by atoms with Crippen molar-refractivity contribution >= 4 is 7.82 Å². The molecule has 0 atom stereocenters. The fraction of sp³-hybridized carbons (Fsp3) is 0.833. The lowest BCUT2D eigenvalue weighted by atomic mass is 10.1. The zero-order chi connectivity index (χ0) is 19.0. The lowest BCUT2D eigenvalue weighted by Crippen LogP contribution is -2.23. The van der Waals surface area contributed by atoms with E-state index in [1.165, 1.54) is 45.1 Å². The zero-order valence-electron chi connectivity index (χ0n) is 16.5. The molecule has 7 heteroatoms. The minimum absolute atomic E-state index is 0.199. The number of hydrogen-bond acceptors (Lipinski definition) is 4. The maximum atomic E-state index is 10.7. The third kappa shape index (κ3) is 15.3. The number of aromatic nitrogens is 2. The van der Waals surface area contributed by atoms with Gasteiger partial charge in [0.25, 0.3) is 7.82 Å². The Kier molecular flexibility index (Phi) is 15.1. The molecule has 0 unspecified atom stereocenters. The van der Waals surface area contributed by atoms with Gasteiger partial charge in [-0.25, -0.2) is 9.13 Å². The predicted octanol–water partition coefficient (Wildman–Crippen LogP) is 3.98. The normalized spacial score (nSPS) is 11.2. The van der Waals surface area contributed by atoms with Crippen LogP contribution in [-0.4, -0.2) is 17.8 Å². The fourth-order valence-corrected chi connectivity index (χ4v) is 3.04. The highest BCUT2D eigenvalue weighted by atomic mass is 31.2. The first-order chi connectivity index (χ1) is 11.9. The number of phosphoric acid groups is 1. The lowest BCUT2D eigenvalue weighted by Gasteiger charge is -2.21. The van der Waals surface area contributed by atoms with Crippen molar-refractivity contribution in [1.82, 2.24) is 4.57 Å². The van der Waals surface area contributed by atoms with E-state index in [1.807, 2.05) is 13.8 Å². The molecule has 1 aromatic heterocycles. The number of imidazole rings is 1. The number of aryl methyl sites for hydroxylation is 2. The third-order valence-corrected chi connectivity index (χ3v) is 4.50. The van der Waals surface area contributed by atoms with E-state index in [9.17, 15) is 9.46 Å². The van der Waals surface area contributed by atoms with Crippen molar-refractivity contribution < 1.29 is 23.1 Å². The van der Waals surface area contributed by atoms with Crippen LogP contribution in [0.25, 0.3) is 0 Å². The van der Waals surface area contributed by atoms with Crippen LogP contribution in [0, 0.1) is 0 Å². The van der Waals surface area contributed by atoms with Gasteiger partial charge in [-0.2, -0.15) is 0 Å². The number of rotatable bonds is 13. The molecule has 6 nitrogen and oxygen atoms in total. The Balaban J connectivity index is 0.000000477. The molecule has 0 aliphatic rings. The summed E-state index contributed by atoms with van der Waals surface area (Å²) in [5.41, 5.74) is 0. The predicted molar refractivity (Wildman–Crippen MR) is 99.1 cm³/mol. The van der Waals surface area contributed by atoms with Gasteiger partial charge in [0.1, 0.15) is 12.4 Å². The van der Waals surface area contributed by atoms with E-state index in [2.05, 4.69) is 50.9 Å². The minimum atomic E-state index is -3.98. The molecule has 0 saturated carbocycles. The molecular formula is C18H37N2O4P. The third-order valence-electron chi connectivity index (χ3n) is 3.50. The number of phosphoric ester groups is 1. The van der Waals surface area contributed by atoms with Crippen LogP contribution in [0.15, 0.2) is 18.7 Å². The van der Waals surface area contributed by atoms with Crippen LogP contribution < -0.4 is 9.46 Å². The molecule has 0 aromatic carbocycles. The topological polar surface area (TPSA) is 67.4 Å². The van der Waals surface area contributed by atoms with E-state index in [-0.39, 0.29) is 13.2 Å². The van der Waals surface area contributed by atoms with E-state index in [1.54, 1.807) is 0 Å². The highest BCUT2D eigenvalue weighted by Crippen LogP contribution is 2.38. The lowest BCUT2D eigenvalue weighted by molar-refractivity contribution is -0.671. The summed E-state index contributed by atoms with van der Waals surface area (Å²) in [5, 5.41) is 0. The Morgan fingerprint density at radius 1 is 0.960 bits per heavy atom. The quantitative estimate of drug-likeness (QED) is 0.297. The summed E-state index contributed by atoms with van der Waals surface area (Å²) in [4.78, 5) is 10.7. The van der Waals surface area contributed by atoms with Crippen LogP contribution in [0.5, 0.6) is 0 Å². The van der Waals surface area contributed by atoms with E-state index < -0.39 is 7.82 Å². The standard InChI is InChI=1S/C12H23N2.C6H15O4P/c1-3-4-5-6-7-8-9-14-11-10-13(2)12-14;1-3-5-9-11(7,8)10-6-4-2/h10-12H,3-9H2,1-2H3;3-6H2,1-2H3,(H,7,8)/q+1;/p-1. The van der Waals surface area contributed by atoms with Crippen molar-refractivity contribution in [1.29, 1.82) is 0 Å². The van der Waals surface area contributed by atoms with Gasteiger partial charge in [-0.3, -0.25) is 4.57 Å². The van der Waals surface area contributed by atoms with E-state index in [0.717, 1.165) is 0 Å². The van der Waals surface area contributed by atoms with Gasteiger partial charge < -0.3 is 13.9 Å². The van der Waals surface area contributed by atoms with Gasteiger partial charge in [-0.15, -0.1) is 0 Å². The van der Waals surface area contributed by atoms with Gasteiger partial charge in [0.2, 0.25) is 6.33 Å². The summed E-state index contributed by atoms with van der Waals surface area (Å²) in [7, 11) is -1.91. The molecule has 0 radical (unpaired) electrons. The molecule has 1 aromatic rings. The van der Waals surface area contributed by atoms with Crippen molar-refractivity contribution in [3.63, 3.8) is 0 Å². The van der Waals surface area contributed by atoms with Crippen molar-refractivity contribution in [3.8, 4) is 0 Å². The molecular weight excluding hydrogens is 339 g/mol. The molecule has 1 heterocycles. The fourth-order valence-electron chi connectivity index (χ4n) is 2.15. The molecule has 0 aliphatic carbocycles. The SMILES string of the molecule is CCCCCCCCn1cc[n+](C)c1.CCCOP(=O)([O-])OCCC. The van der Waals surface area contributed by atoms with E-state index in [4.69, 9.17) is 0 Å². The van der Waals surface area contributed by atoms with Crippen LogP contribution in [0.4, 0.5) is 0 Å². The first kappa shape index (κ1) is 24.3. The maximum absolute atomic E-state index is 10.7. The smallest absolute Gasteiger partial charge is 0.267 e. The van der Waals surface area contributed by atoms with E-state index >= 15 is 0 Å². The zero-order valence-corrected chi connectivity index (χ0v) is 17.4. The Morgan fingerprint density at radius 3 is 2.00 bits per heavy atom. The summed E-state index contributed by atoms with van der Waals surface area (Å²) in [6.07, 6.45) is 16.0. The van der Waals surface area contributed by atoms with Crippen LogP contribution in [0.3, 0.4) is 0 Å². The minimum Gasteiger partial charge on any atom is -0.756 e. The maximum Gasteiger partial charge on any atom is 0.267 e. The Morgan fingerprint density at radius 2 is 1.52 bits per heavy atom. The Hall–Kier alpha value is -0.680. The Labute approximate surface area is 153 Å². The largest absolute Gasteiger partial charge is 0.756 e. The van der Waals surface area contributed by atoms with Crippen molar-refractivity contribution in [3.05, 3.63) is 18.7 Å². The van der Waals surface area contributed by atoms with Gasteiger partial charge in [0.15, 0.2) is 0 Å². The summed E-state index contributed by atoms with van der Waals surface area (Å²) in [6.45, 7) is 7.50. The van der Waals surface area contributed by atoms with Gasteiger partial charge in [0, 0.05) is 0 Å². The summed E-state index contributed by atoms with van der Waals surface area (Å²) >= 11 is 0. The van der Waals surface area contributed by atoms with E-state index in [0.29, 0.717) is 12.8 Å². The monoisotopic (exact) mass is 376 g/mol. The summed E-state index contributed by atoms with van der Waals surface area (Å²) < 4.78 is 24.0. The second-order valence-electron chi connectivity index (χ2n) is 6.20. The molecule has 0 saturated heterocycles. The first-order valence-corrected chi connectivity index (χ1v) is 11.0. The van der Waals surface area contributed by atoms with Crippen LogP contribution in [-0.2, 0) is 27.2 Å².